The molecule has 0 aliphatic carbocycles. The molecule has 1 aromatic carbocycles. The lowest BCUT2D eigenvalue weighted by Crippen LogP contribution is -2.42. The van der Waals surface area contributed by atoms with E-state index in [4.69, 9.17) is 23.2 Å². The standard InChI is InChI=1S/C16H21Cl2NOS/c1-2-3-10-21-15-8-5-9-19(16(15)20)11-12-13(17)6-4-7-14(12)18/h4,6-7,15H,2-3,5,8-11H2,1H3. The highest BCUT2D eigenvalue weighted by Crippen LogP contribution is 2.30. The number of thioether (sulfide) groups is 1. The van der Waals surface area contributed by atoms with Crippen molar-refractivity contribution in [2.24, 2.45) is 0 Å². The fourth-order valence-corrected chi connectivity index (χ4v) is 4.34. The van der Waals surface area contributed by atoms with Crippen molar-refractivity contribution in [3.05, 3.63) is 33.8 Å². The molecular weight excluding hydrogens is 325 g/mol. The van der Waals surface area contributed by atoms with Crippen LogP contribution in [0, 0.1) is 0 Å². The van der Waals surface area contributed by atoms with E-state index in [0.717, 1.165) is 30.7 Å². The summed E-state index contributed by atoms with van der Waals surface area (Å²) in [6.45, 7) is 3.49. The van der Waals surface area contributed by atoms with Crippen molar-refractivity contribution in [3.8, 4) is 0 Å². The maximum absolute atomic E-state index is 12.6. The monoisotopic (exact) mass is 345 g/mol. The molecule has 0 saturated carbocycles. The number of rotatable bonds is 6. The minimum Gasteiger partial charge on any atom is -0.337 e. The van der Waals surface area contributed by atoms with Gasteiger partial charge in [0, 0.05) is 28.7 Å². The van der Waals surface area contributed by atoms with E-state index in [-0.39, 0.29) is 11.2 Å². The Labute approximate surface area is 141 Å². The lowest BCUT2D eigenvalue weighted by atomic mass is 10.1. The minimum atomic E-state index is 0.103. The van der Waals surface area contributed by atoms with Crippen LogP contribution in [0.1, 0.15) is 38.2 Å². The summed E-state index contributed by atoms with van der Waals surface area (Å²) in [5, 5.41) is 1.37. The molecule has 1 atom stereocenters. The Balaban J connectivity index is 2.01. The predicted molar refractivity (Wildman–Crippen MR) is 92.3 cm³/mol. The van der Waals surface area contributed by atoms with Gasteiger partial charge in [-0.3, -0.25) is 4.79 Å². The molecule has 1 saturated heterocycles. The molecule has 2 nitrogen and oxygen atoms in total. The van der Waals surface area contributed by atoms with Crippen LogP contribution in [0.5, 0.6) is 0 Å². The van der Waals surface area contributed by atoms with E-state index in [1.54, 1.807) is 11.8 Å². The summed E-state index contributed by atoms with van der Waals surface area (Å²) < 4.78 is 0. The van der Waals surface area contributed by atoms with Crippen LogP contribution in [0.15, 0.2) is 18.2 Å². The second-order valence-corrected chi connectivity index (χ2v) is 7.44. The van der Waals surface area contributed by atoms with Crippen molar-refractivity contribution >= 4 is 40.9 Å². The van der Waals surface area contributed by atoms with Crippen LogP contribution >= 0.6 is 35.0 Å². The Bertz CT molecular complexity index is 475. The SMILES string of the molecule is CCCCSC1CCCN(Cc2c(Cl)cccc2Cl)C1=O. The van der Waals surface area contributed by atoms with Gasteiger partial charge in [0.15, 0.2) is 0 Å². The summed E-state index contributed by atoms with van der Waals surface area (Å²) in [6, 6.07) is 5.48. The van der Waals surface area contributed by atoms with E-state index in [2.05, 4.69) is 6.92 Å². The van der Waals surface area contributed by atoms with Gasteiger partial charge in [-0.2, -0.15) is 0 Å². The summed E-state index contributed by atoms with van der Waals surface area (Å²) in [6.07, 6.45) is 4.38. The highest BCUT2D eigenvalue weighted by atomic mass is 35.5. The molecule has 116 valence electrons. The zero-order valence-electron chi connectivity index (χ0n) is 12.3. The molecule has 0 radical (unpaired) electrons. The van der Waals surface area contributed by atoms with Crippen LogP contribution in [-0.2, 0) is 11.3 Å². The fraction of sp³-hybridized carbons (Fsp3) is 0.562. The molecule has 0 spiro atoms. The van der Waals surface area contributed by atoms with E-state index in [0.29, 0.717) is 16.6 Å². The molecule has 1 aromatic rings. The van der Waals surface area contributed by atoms with E-state index in [9.17, 15) is 4.79 Å². The summed E-state index contributed by atoms with van der Waals surface area (Å²) in [4.78, 5) is 14.5. The van der Waals surface area contributed by atoms with E-state index < -0.39 is 0 Å². The third kappa shape index (κ3) is 4.54. The van der Waals surface area contributed by atoms with Crippen LogP contribution < -0.4 is 0 Å². The maximum atomic E-state index is 12.6. The summed E-state index contributed by atoms with van der Waals surface area (Å²) in [7, 11) is 0. The van der Waals surface area contributed by atoms with Gasteiger partial charge in [0.25, 0.3) is 0 Å². The van der Waals surface area contributed by atoms with Crippen molar-refractivity contribution in [2.45, 2.75) is 44.4 Å². The Morgan fingerprint density at radius 2 is 2.05 bits per heavy atom. The van der Waals surface area contributed by atoms with Crippen LogP contribution in [0.25, 0.3) is 0 Å². The number of halogens is 2. The highest BCUT2D eigenvalue weighted by Gasteiger charge is 2.29. The first-order chi connectivity index (χ1) is 10.1. The smallest absolute Gasteiger partial charge is 0.235 e. The van der Waals surface area contributed by atoms with Gasteiger partial charge in [-0.25, -0.2) is 0 Å². The highest BCUT2D eigenvalue weighted by molar-refractivity contribution is 8.00. The Hall–Kier alpha value is -0.380. The quantitative estimate of drug-likeness (QED) is 0.674. The molecule has 0 bridgehead atoms. The Morgan fingerprint density at radius 3 is 2.71 bits per heavy atom. The van der Waals surface area contributed by atoms with Crippen molar-refractivity contribution < 1.29 is 4.79 Å². The Kier molecular flexibility index (Phi) is 6.72. The van der Waals surface area contributed by atoms with Gasteiger partial charge in [-0.1, -0.05) is 42.6 Å². The second-order valence-electron chi connectivity index (χ2n) is 5.32. The average molecular weight is 346 g/mol. The van der Waals surface area contributed by atoms with Gasteiger partial charge < -0.3 is 4.90 Å². The molecule has 1 fully saturated rings. The van der Waals surface area contributed by atoms with Gasteiger partial charge in [-0.05, 0) is 37.1 Å². The average Bonchev–Trinajstić information content (AvgIpc) is 2.46. The topological polar surface area (TPSA) is 20.3 Å². The van der Waals surface area contributed by atoms with Crippen LogP contribution in [0.3, 0.4) is 0 Å². The molecular formula is C16H21Cl2NOS. The molecule has 1 aliphatic heterocycles. The van der Waals surface area contributed by atoms with E-state index >= 15 is 0 Å². The molecule has 1 aliphatic rings. The third-order valence-corrected chi connectivity index (χ3v) is 5.78. The molecule has 5 heteroatoms. The number of piperidine rings is 1. The number of benzene rings is 1. The van der Waals surface area contributed by atoms with Gasteiger partial charge in [0.1, 0.15) is 0 Å². The normalized spacial score (nSPS) is 19.1. The fourth-order valence-electron chi connectivity index (χ4n) is 2.46. The first kappa shape index (κ1) is 17.0. The number of carbonyl (C=O) groups is 1. The van der Waals surface area contributed by atoms with Crippen molar-refractivity contribution in [2.75, 3.05) is 12.3 Å². The van der Waals surface area contributed by atoms with E-state index in [1.807, 2.05) is 23.1 Å². The molecule has 0 aromatic heterocycles. The zero-order valence-corrected chi connectivity index (χ0v) is 14.6. The molecule has 2 rings (SSSR count). The zero-order chi connectivity index (χ0) is 15.2. The number of hydrogen-bond acceptors (Lipinski definition) is 2. The summed E-state index contributed by atoms with van der Waals surface area (Å²) in [5.41, 5.74) is 0.855. The first-order valence-corrected chi connectivity index (χ1v) is 9.27. The van der Waals surface area contributed by atoms with Crippen molar-refractivity contribution in [3.63, 3.8) is 0 Å². The second kappa shape index (κ2) is 8.30. The van der Waals surface area contributed by atoms with Gasteiger partial charge >= 0.3 is 0 Å². The predicted octanol–water partition coefficient (Wildman–Crippen LogP) is 5.02. The van der Waals surface area contributed by atoms with E-state index in [1.165, 1.54) is 12.8 Å². The summed E-state index contributed by atoms with van der Waals surface area (Å²) in [5.74, 6) is 1.30. The van der Waals surface area contributed by atoms with Crippen LogP contribution in [0.4, 0.5) is 0 Å². The first-order valence-electron chi connectivity index (χ1n) is 7.46. The van der Waals surface area contributed by atoms with Crippen LogP contribution in [0.2, 0.25) is 10.0 Å². The maximum Gasteiger partial charge on any atom is 0.235 e. The number of carbonyl (C=O) groups excluding carboxylic acids is 1. The number of likely N-dealkylation sites (tertiary alicyclic amines) is 1. The number of amides is 1. The molecule has 1 heterocycles. The number of nitrogens with zero attached hydrogens (tertiary/aromatic N) is 1. The largest absolute Gasteiger partial charge is 0.337 e. The number of hydrogen-bond donors (Lipinski definition) is 0. The molecule has 1 amide bonds. The lowest BCUT2D eigenvalue weighted by Gasteiger charge is -2.32. The molecule has 0 N–H and O–H groups in total. The minimum absolute atomic E-state index is 0.103. The molecule has 21 heavy (non-hydrogen) atoms. The van der Waals surface area contributed by atoms with Crippen LogP contribution in [-0.4, -0.2) is 28.4 Å². The summed E-state index contributed by atoms with van der Waals surface area (Å²) >= 11 is 14.2. The Morgan fingerprint density at radius 1 is 1.33 bits per heavy atom. The lowest BCUT2D eigenvalue weighted by molar-refractivity contribution is -0.133. The van der Waals surface area contributed by atoms with Gasteiger partial charge in [-0.15, -0.1) is 11.8 Å². The molecule has 1 unspecified atom stereocenters. The van der Waals surface area contributed by atoms with Crippen molar-refractivity contribution in [1.29, 1.82) is 0 Å². The number of unbranched alkanes of at least 4 members (excludes halogenated alkanes) is 1. The van der Waals surface area contributed by atoms with Gasteiger partial charge in [0.05, 0.1) is 5.25 Å². The van der Waals surface area contributed by atoms with Crippen molar-refractivity contribution in [1.82, 2.24) is 4.90 Å². The third-order valence-electron chi connectivity index (χ3n) is 3.71. The van der Waals surface area contributed by atoms with Gasteiger partial charge in [0.2, 0.25) is 5.91 Å².